The van der Waals surface area contributed by atoms with E-state index in [2.05, 4.69) is 31.8 Å². The van der Waals surface area contributed by atoms with Gasteiger partial charge in [0.25, 0.3) is 0 Å². The highest BCUT2D eigenvalue weighted by Crippen LogP contribution is 2.29. The number of hydrazone groups is 1. The molecule has 0 heterocycles. The van der Waals surface area contributed by atoms with E-state index >= 15 is 0 Å². The van der Waals surface area contributed by atoms with Crippen molar-refractivity contribution in [2.75, 3.05) is 18.5 Å². The Bertz CT molecular complexity index is 1200. The summed E-state index contributed by atoms with van der Waals surface area (Å²) in [6.45, 7) is 5.25. The lowest BCUT2D eigenvalue weighted by atomic mass is 10.2. The minimum absolute atomic E-state index is 0.00718. The van der Waals surface area contributed by atoms with Crippen LogP contribution in [0.25, 0.3) is 0 Å². The Morgan fingerprint density at radius 3 is 2.24 bits per heavy atom. The molecule has 3 aromatic rings. The van der Waals surface area contributed by atoms with Crippen molar-refractivity contribution >= 4 is 39.6 Å². The average Bonchev–Trinajstić information content (AvgIpc) is 2.89. The number of anilines is 1. The highest BCUT2D eigenvalue weighted by Gasteiger charge is 2.09. The highest BCUT2D eigenvalue weighted by molar-refractivity contribution is 9.10. The van der Waals surface area contributed by atoms with Gasteiger partial charge in [0.1, 0.15) is 12.4 Å². The van der Waals surface area contributed by atoms with Crippen LogP contribution in [0.5, 0.6) is 17.2 Å². The predicted octanol–water partition coefficient (Wildman–Crippen LogP) is 5.69. The minimum atomic E-state index is -0.363. The summed E-state index contributed by atoms with van der Waals surface area (Å²) in [5.74, 6) is 1.31. The first-order valence-corrected chi connectivity index (χ1v) is 12.7. The predicted molar refractivity (Wildman–Crippen MR) is 147 cm³/mol. The monoisotopic (exact) mass is 567 g/mol. The zero-order valence-electron chi connectivity index (χ0n) is 20.8. The third kappa shape index (κ3) is 9.61. The molecule has 0 saturated carbocycles. The second-order valence-corrected chi connectivity index (χ2v) is 8.77. The van der Waals surface area contributed by atoms with Gasteiger partial charge in [0, 0.05) is 23.0 Å². The van der Waals surface area contributed by atoms with Gasteiger partial charge in [-0.25, -0.2) is 5.43 Å². The molecule has 0 aliphatic heterocycles. The van der Waals surface area contributed by atoms with Crippen LogP contribution in [0.15, 0.2) is 76.3 Å². The SMILES string of the molecule is CCOc1ccc(NC(=O)CCC(=O)NN=Cc2ccc(OCc3ccc(Br)cc3)c(OCC)c2)cc1. The number of ether oxygens (including phenoxy) is 3. The van der Waals surface area contributed by atoms with Gasteiger partial charge in [-0.1, -0.05) is 28.1 Å². The molecule has 0 aromatic heterocycles. The second-order valence-electron chi connectivity index (χ2n) is 7.85. The van der Waals surface area contributed by atoms with Crippen molar-refractivity contribution in [2.45, 2.75) is 33.3 Å². The summed E-state index contributed by atoms with van der Waals surface area (Å²) >= 11 is 3.42. The summed E-state index contributed by atoms with van der Waals surface area (Å²) in [5, 5.41) is 6.75. The van der Waals surface area contributed by atoms with E-state index in [0.29, 0.717) is 37.0 Å². The number of halogens is 1. The van der Waals surface area contributed by atoms with Gasteiger partial charge in [-0.3, -0.25) is 9.59 Å². The number of nitrogens with zero attached hydrogens (tertiary/aromatic N) is 1. The van der Waals surface area contributed by atoms with Crippen molar-refractivity contribution in [3.63, 3.8) is 0 Å². The van der Waals surface area contributed by atoms with E-state index < -0.39 is 0 Å². The van der Waals surface area contributed by atoms with E-state index in [4.69, 9.17) is 14.2 Å². The fraction of sp³-hybridized carbons (Fsp3) is 0.250. The second kappa shape index (κ2) is 14.6. The lowest BCUT2D eigenvalue weighted by Crippen LogP contribution is -2.20. The molecule has 0 aliphatic rings. The Morgan fingerprint density at radius 2 is 1.54 bits per heavy atom. The van der Waals surface area contributed by atoms with Crippen LogP contribution in [-0.2, 0) is 16.2 Å². The molecule has 0 bridgehead atoms. The van der Waals surface area contributed by atoms with Crippen molar-refractivity contribution < 1.29 is 23.8 Å². The molecular weight excluding hydrogens is 538 g/mol. The minimum Gasteiger partial charge on any atom is -0.494 e. The molecule has 0 unspecified atom stereocenters. The van der Waals surface area contributed by atoms with Gasteiger partial charge in [-0.05, 0) is 79.6 Å². The van der Waals surface area contributed by atoms with Crippen LogP contribution in [0.4, 0.5) is 5.69 Å². The number of amides is 2. The van der Waals surface area contributed by atoms with Crippen molar-refractivity contribution in [1.29, 1.82) is 0 Å². The van der Waals surface area contributed by atoms with Crippen LogP contribution in [-0.4, -0.2) is 31.2 Å². The Hall–Kier alpha value is -3.85. The third-order valence-corrected chi connectivity index (χ3v) is 5.53. The molecule has 0 saturated heterocycles. The Kier molecular flexibility index (Phi) is 11.0. The maximum absolute atomic E-state index is 12.1. The number of nitrogens with one attached hydrogen (secondary N) is 2. The van der Waals surface area contributed by atoms with Crippen LogP contribution >= 0.6 is 15.9 Å². The van der Waals surface area contributed by atoms with Gasteiger partial charge in [0.15, 0.2) is 11.5 Å². The molecule has 0 spiro atoms. The number of hydrogen-bond donors (Lipinski definition) is 2. The average molecular weight is 568 g/mol. The zero-order valence-corrected chi connectivity index (χ0v) is 22.4. The first kappa shape index (κ1) is 27.7. The maximum atomic E-state index is 12.1. The molecule has 0 radical (unpaired) electrons. The number of carbonyl (C=O) groups is 2. The van der Waals surface area contributed by atoms with Crippen molar-refractivity contribution in [3.05, 3.63) is 82.3 Å². The van der Waals surface area contributed by atoms with Crippen LogP contribution in [0, 0.1) is 0 Å². The molecule has 3 rings (SSSR count). The molecule has 9 heteroatoms. The first-order chi connectivity index (χ1) is 18.0. The quantitative estimate of drug-likeness (QED) is 0.204. The lowest BCUT2D eigenvalue weighted by Gasteiger charge is -2.12. The fourth-order valence-corrected chi connectivity index (χ4v) is 3.48. The standard InChI is InChI=1S/C28H30BrN3O5/c1-3-35-24-12-10-23(11-13-24)31-27(33)15-16-28(34)32-30-18-21-7-14-25(26(17-21)36-4-2)37-19-20-5-8-22(29)9-6-20/h5-14,17-18H,3-4,15-16,19H2,1-2H3,(H,31,33)(H,32,34). The van der Waals surface area contributed by atoms with E-state index in [1.807, 2.05) is 44.2 Å². The highest BCUT2D eigenvalue weighted by atomic mass is 79.9. The Morgan fingerprint density at radius 1 is 0.838 bits per heavy atom. The van der Waals surface area contributed by atoms with Gasteiger partial charge in [-0.15, -0.1) is 0 Å². The van der Waals surface area contributed by atoms with Gasteiger partial charge >= 0.3 is 0 Å². The molecule has 0 atom stereocenters. The van der Waals surface area contributed by atoms with Crippen molar-refractivity contribution in [2.24, 2.45) is 5.10 Å². The molecule has 2 amide bonds. The first-order valence-electron chi connectivity index (χ1n) is 12.0. The topological polar surface area (TPSA) is 98.2 Å². The van der Waals surface area contributed by atoms with Gasteiger partial charge in [-0.2, -0.15) is 5.10 Å². The molecule has 0 fully saturated rings. The number of rotatable bonds is 13. The van der Waals surface area contributed by atoms with Crippen LogP contribution in [0.2, 0.25) is 0 Å². The molecule has 3 aromatic carbocycles. The summed E-state index contributed by atoms with van der Waals surface area (Å²) in [5.41, 5.74) is 4.85. The van der Waals surface area contributed by atoms with Crippen LogP contribution < -0.4 is 25.0 Å². The summed E-state index contributed by atoms with van der Waals surface area (Å²) < 4.78 is 18.0. The van der Waals surface area contributed by atoms with E-state index in [9.17, 15) is 9.59 Å². The Balaban J connectivity index is 1.46. The molecule has 37 heavy (non-hydrogen) atoms. The molecule has 8 nitrogen and oxygen atoms in total. The molecule has 2 N–H and O–H groups in total. The van der Waals surface area contributed by atoms with E-state index in [1.54, 1.807) is 36.4 Å². The Labute approximate surface area is 225 Å². The van der Waals surface area contributed by atoms with Gasteiger partial charge in [0.2, 0.25) is 11.8 Å². The summed E-state index contributed by atoms with van der Waals surface area (Å²) in [6.07, 6.45) is 1.56. The number of carbonyl (C=O) groups excluding carboxylic acids is 2. The summed E-state index contributed by atoms with van der Waals surface area (Å²) in [7, 11) is 0. The fourth-order valence-electron chi connectivity index (χ4n) is 3.22. The summed E-state index contributed by atoms with van der Waals surface area (Å²) in [6, 6.07) is 20.4. The van der Waals surface area contributed by atoms with Crippen molar-refractivity contribution in [3.8, 4) is 17.2 Å². The van der Waals surface area contributed by atoms with Crippen LogP contribution in [0.3, 0.4) is 0 Å². The normalized spacial score (nSPS) is 10.7. The molecule has 0 aliphatic carbocycles. The molecular formula is C28H30BrN3O5. The van der Waals surface area contributed by atoms with Gasteiger partial charge < -0.3 is 19.5 Å². The number of hydrogen-bond acceptors (Lipinski definition) is 6. The molecule has 194 valence electrons. The van der Waals surface area contributed by atoms with Crippen LogP contribution in [0.1, 0.15) is 37.8 Å². The third-order valence-electron chi connectivity index (χ3n) is 5.01. The summed E-state index contributed by atoms with van der Waals surface area (Å²) in [4.78, 5) is 24.2. The number of benzene rings is 3. The maximum Gasteiger partial charge on any atom is 0.240 e. The van der Waals surface area contributed by atoms with Gasteiger partial charge in [0.05, 0.1) is 19.4 Å². The van der Waals surface area contributed by atoms with E-state index in [0.717, 1.165) is 21.3 Å². The lowest BCUT2D eigenvalue weighted by molar-refractivity contribution is -0.124. The zero-order chi connectivity index (χ0) is 26.5. The largest absolute Gasteiger partial charge is 0.494 e. The van der Waals surface area contributed by atoms with E-state index in [1.165, 1.54) is 6.21 Å². The smallest absolute Gasteiger partial charge is 0.240 e. The van der Waals surface area contributed by atoms with Crippen molar-refractivity contribution in [1.82, 2.24) is 5.43 Å². The van der Waals surface area contributed by atoms with E-state index in [-0.39, 0.29) is 24.7 Å².